The Hall–Kier alpha value is 0.260. The zero-order chi connectivity index (χ0) is 11.5. The van der Waals surface area contributed by atoms with Gasteiger partial charge < -0.3 is 0 Å². The molecule has 1 N–H and O–H groups in total. The molecule has 0 heterocycles. The van der Waals surface area contributed by atoms with Crippen molar-refractivity contribution in [1.29, 1.82) is 0 Å². The molecule has 1 aliphatic rings. The summed E-state index contributed by atoms with van der Waals surface area (Å²) in [5, 5.41) is -0.335. The van der Waals surface area contributed by atoms with E-state index < -0.39 is 10.0 Å². The first kappa shape index (κ1) is 13.3. The summed E-state index contributed by atoms with van der Waals surface area (Å²) in [6.45, 7) is 4.01. The summed E-state index contributed by atoms with van der Waals surface area (Å²) in [5.41, 5.74) is 0. The smallest absolute Gasteiger partial charge is 0.213 e. The second kappa shape index (κ2) is 5.06. The highest BCUT2D eigenvalue weighted by Crippen LogP contribution is 2.39. The Morgan fingerprint density at radius 2 is 1.87 bits per heavy atom. The van der Waals surface area contributed by atoms with Crippen LogP contribution in [0.2, 0.25) is 0 Å². The van der Waals surface area contributed by atoms with E-state index in [1.165, 1.54) is 12.8 Å². The molecule has 0 aliphatic heterocycles. The number of thioether (sulfide) groups is 1. The monoisotopic (exact) mass is 251 g/mol. The van der Waals surface area contributed by atoms with E-state index in [-0.39, 0.29) is 10.00 Å². The van der Waals surface area contributed by atoms with Crippen molar-refractivity contribution >= 4 is 21.8 Å². The van der Waals surface area contributed by atoms with Gasteiger partial charge in [0.05, 0.1) is 5.25 Å². The van der Waals surface area contributed by atoms with Gasteiger partial charge in [-0.15, -0.1) is 0 Å². The fraction of sp³-hybridized carbons (Fsp3) is 1.00. The highest BCUT2D eigenvalue weighted by Gasteiger charge is 2.34. The van der Waals surface area contributed by atoms with Crippen molar-refractivity contribution in [1.82, 2.24) is 4.72 Å². The lowest BCUT2D eigenvalue weighted by Gasteiger charge is -2.27. The van der Waals surface area contributed by atoms with Gasteiger partial charge in [-0.3, -0.25) is 0 Å². The normalized spacial score (nSPS) is 21.1. The Bertz CT molecular complexity index is 293. The molecule has 0 saturated heterocycles. The van der Waals surface area contributed by atoms with Gasteiger partial charge in [-0.25, -0.2) is 13.1 Å². The Labute approximate surface area is 97.5 Å². The molecule has 5 heteroatoms. The van der Waals surface area contributed by atoms with Crippen molar-refractivity contribution in [3.8, 4) is 0 Å². The van der Waals surface area contributed by atoms with Crippen LogP contribution < -0.4 is 4.72 Å². The zero-order valence-corrected chi connectivity index (χ0v) is 11.4. The summed E-state index contributed by atoms with van der Waals surface area (Å²) in [7, 11) is -3.10. The zero-order valence-electron chi connectivity index (χ0n) is 9.75. The van der Waals surface area contributed by atoms with Crippen LogP contribution in [0.1, 0.15) is 39.5 Å². The maximum absolute atomic E-state index is 11.6. The average molecular weight is 251 g/mol. The van der Waals surface area contributed by atoms with Crippen molar-refractivity contribution in [3.05, 3.63) is 0 Å². The summed E-state index contributed by atoms with van der Waals surface area (Å²) in [6, 6.07) is 0. The largest absolute Gasteiger partial charge is 0.214 e. The van der Waals surface area contributed by atoms with Gasteiger partial charge in [-0.1, -0.05) is 12.8 Å². The molecule has 1 aliphatic carbocycles. The number of rotatable bonds is 5. The van der Waals surface area contributed by atoms with Crippen molar-refractivity contribution in [2.45, 2.75) is 49.5 Å². The van der Waals surface area contributed by atoms with E-state index in [1.54, 1.807) is 25.6 Å². The standard InChI is InChI=1S/C10H21NO2S2/c1-9(2)15(12,13)11-8-10(14-3)6-4-5-7-10/h9,11H,4-8H2,1-3H3. The van der Waals surface area contributed by atoms with Gasteiger partial charge in [0, 0.05) is 11.3 Å². The minimum absolute atomic E-state index is 0.155. The molecule has 0 unspecified atom stereocenters. The highest BCUT2D eigenvalue weighted by atomic mass is 32.2. The highest BCUT2D eigenvalue weighted by molar-refractivity contribution is 8.00. The van der Waals surface area contributed by atoms with Crippen LogP contribution in [-0.2, 0) is 10.0 Å². The summed E-state index contributed by atoms with van der Waals surface area (Å²) in [6.07, 6.45) is 6.80. The first-order valence-corrected chi connectivity index (χ1v) is 8.23. The lowest BCUT2D eigenvalue weighted by atomic mass is 10.1. The van der Waals surface area contributed by atoms with Crippen molar-refractivity contribution < 1.29 is 8.42 Å². The van der Waals surface area contributed by atoms with Crippen molar-refractivity contribution in [3.63, 3.8) is 0 Å². The van der Waals surface area contributed by atoms with E-state index in [9.17, 15) is 8.42 Å². The molecular formula is C10H21NO2S2. The topological polar surface area (TPSA) is 46.2 Å². The number of sulfonamides is 1. The van der Waals surface area contributed by atoms with Crippen molar-refractivity contribution in [2.24, 2.45) is 0 Å². The molecule has 0 aromatic carbocycles. The molecule has 0 aromatic heterocycles. The van der Waals surface area contributed by atoms with E-state index in [2.05, 4.69) is 11.0 Å². The lowest BCUT2D eigenvalue weighted by molar-refractivity contribution is 0.545. The SMILES string of the molecule is CSC1(CNS(=O)(=O)C(C)C)CCCC1. The summed E-state index contributed by atoms with van der Waals surface area (Å²) < 4.78 is 26.1. The third kappa shape index (κ3) is 3.36. The molecule has 15 heavy (non-hydrogen) atoms. The van der Waals surface area contributed by atoms with Gasteiger partial charge in [0.1, 0.15) is 0 Å². The average Bonchev–Trinajstić information content (AvgIpc) is 2.64. The molecule has 1 fully saturated rings. The Balaban J connectivity index is 2.55. The van der Waals surface area contributed by atoms with Crippen LogP contribution in [0, 0.1) is 0 Å². The van der Waals surface area contributed by atoms with Gasteiger partial charge in [0.25, 0.3) is 0 Å². The fourth-order valence-electron chi connectivity index (χ4n) is 1.87. The number of hydrogen-bond acceptors (Lipinski definition) is 3. The molecule has 3 nitrogen and oxygen atoms in total. The van der Waals surface area contributed by atoms with Gasteiger partial charge >= 0.3 is 0 Å². The maximum atomic E-state index is 11.6. The van der Waals surface area contributed by atoms with Gasteiger partial charge in [0.15, 0.2) is 0 Å². The van der Waals surface area contributed by atoms with Crippen LogP contribution in [0.3, 0.4) is 0 Å². The third-order valence-electron chi connectivity index (χ3n) is 3.16. The second-order valence-corrected chi connectivity index (χ2v) is 8.10. The summed E-state index contributed by atoms with van der Waals surface area (Å²) >= 11 is 1.81. The van der Waals surface area contributed by atoms with E-state index >= 15 is 0 Å². The quantitative estimate of drug-likeness (QED) is 0.813. The first-order valence-electron chi connectivity index (χ1n) is 5.45. The van der Waals surface area contributed by atoms with Crippen LogP contribution in [0.25, 0.3) is 0 Å². The molecule has 0 bridgehead atoms. The van der Waals surface area contributed by atoms with Gasteiger partial charge in [-0.2, -0.15) is 11.8 Å². The van der Waals surface area contributed by atoms with Crippen LogP contribution in [0.4, 0.5) is 0 Å². The van der Waals surface area contributed by atoms with Crippen LogP contribution in [0.5, 0.6) is 0 Å². The van der Waals surface area contributed by atoms with E-state index in [0.717, 1.165) is 12.8 Å². The third-order valence-corrected chi connectivity index (χ3v) is 6.37. The second-order valence-electron chi connectivity index (χ2n) is 4.51. The Kier molecular flexibility index (Phi) is 4.50. The van der Waals surface area contributed by atoms with E-state index in [0.29, 0.717) is 6.54 Å². The lowest BCUT2D eigenvalue weighted by Crippen LogP contribution is -2.41. The van der Waals surface area contributed by atoms with E-state index in [4.69, 9.17) is 0 Å². The molecule has 0 amide bonds. The fourth-order valence-corrected chi connectivity index (χ4v) is 3.69. The summed E-state index contributed by atoms with van der Waals surface area (Å²) in [4.78, 5) is 0. The molecule has 0 radical (unpaired) electrons. The number of nitrogens with one attached hydrogen (secondary N) is 1. The molecular weight excluding hydrogens is 230 g/mol. The van der Waals surface area contributed by atoms with Crippen LogP contribution in [-0.4, -0.2) is 31.2 Å². The molecule has 1 rings (SSSR count). The van der Waals surface area contributed by atoms with Crippen LogP contribution >= 0.6 is 11.8 Å². The van der Waals surface area contributed by atoms with E-state index in [1.807, 2.05) is 0 Å². The summed E-state index contributed by atoms with van der Waals surface area (Å²) in [5.74, 6) is 0. The molecule has 0 aromatic rings. The van der Waals surface area contributed by atoms with Crippen LogP contribution in [0.15, 0.2) is 0 Å². The molecule has 90 valence electrons. The molecule has 1 saturated carbocycles. The predicted octanol–water partition coefficient (Wildman–Crippen LogP) is 1.99. The predicted molar refractivity (Wildman–Crippen MR) is 66.8 cm³/mol. The molecule has 0 atom stereocenters. The Morgan fingerprint density at radius 1 is 1.33 bits per heavy atom. The van der Waals surface area contributed by atoms with Gasteiger partial charge in [0.2, 0.25) is 10.0 Å². The molecule has 0 spiro atoms. The minimum Gasteiger partial charge on any atom is -0.214 e. The first-order chi connectivity index (χ1) is 6.92. The minimum atomic E-state index is -3.10. The van der Waals surface area contributed by atoms with Gasteiger partial charge in [-0.05, 0) is 32.9 Å². The Morgan fingerprint density at radius 3 is 2.27 bits per heavy atom. The maximum Gasteiger partial charge on any atom is 0.213 e. The number of hydrogen-bond donors (Lipinski definition) is 1. The van der Waals surface area contributed by atoms with Crippen molar-refractivity contribution in [2.75, 3.05) is 12.8 Å².